The third-order valence-corrected chi connectivity index (χ3v) is 5.26. The number of hydrogen-bond acceptors (Lipinski definition) is 5. The molecule has 0 unspecified atom stereocenters. The molecule has 0 saturated carbocycles. The van der Waals surface area contributed by atoms with Crippen molar-refractivity contribution in [2.75, 3.05) is 18.9 Å². The summed E-state index contributed by atoms with van der Waals surface area (Å²) < 4.78 is 35.2. The molecular weight excluding hydrogens is 415 g/mol. The number of urea groups is 1. The van der Waals surface area contributed by atoms with Gasteiger partial charge in [-0.15, -0.1) is 0 Å². The lowest BCUT2D eigenvalue weighted by atomic mass is 9.98. The average molecular weight is 436 g/mol. The first-order valence-electron chi connectivity index (χ1n) is 10.2. The van der Waals surface area contributed by atoms with Gasteiger partial charge in [0.2, 0.25) is 13.6 Å². The first-order valence-corrected chi connectivity index (χ1v) is 10.2. The van der Waals surface area contributed by atoms with Crippen LogP contribution >= 0.6 is 0 Å². The van der Waals surface area contributed by atoms with Crippen molar-refractivity contribution in [1.29, 1.82) is 0 Å². The van der Waals surface area contributed by atoms with Gasteiger partial charge in [0.1, 0.15) is 5.82 Å². The summed E-state index contributed by atoms with van der Waals surface area (Å²) in [6.07, 6.45) is 1.11. The highest BCUT2D eigenvalue weighted by molar-refractivity contribution is 5.89. The van der Waals surface area contributed by atoms with Gasteiger partial charge in [-0.1, -0.05) is 18.2 Å². The van der Waals surface area contributed by atoms with Crippen molar-refractivity contribution in [1.82, 2.24) is 5.32 Å². The number of carbonyl (C=O) groups excluding carboxylic acids is 1. The van der Waals surface area contributed by atoms with E-state index in [0.29, 0.717) is 41.5 Å². The van der Waals surface area contributed by atoms with Gasteiger partial charge in [0, 0.05) is 11.7 Å². The van der Waals surface area contributed by atoms with Crippen LogP contribution in [-0.4, -0.2) is 25.7 Å². The molecule has 32 heavy (non-hydrogen) atoms. The number of ether oxygens (including phenoxy) is 4. The van der Waals surface area contributed by atoms with Crippen molar-refractivity contribution in [2.45, 2.75) is 18.9 Å². The van der Waals surface area contributed by atoms with Crippen LogP contribution in [0, 0.1) is 5.82 Å². The molecule has 2 N–H and O–H groups in total. The number of amides is 2. The third kappa shape index (κ3) is 4.54. The Morgan fingerprint density at radius 1 is 0.812 bits per heavy atom. The molecule has 2 aliphatic rings. The number of hydrogen-bond donors (Lipinski definition) is 2. The number of rotatable bonds is 6. The van der Waals surface area contributed by atoms with Gasteiger partial charge in [0.05, 0.1) is 0 Å². The molecule has 8 heteroatoms. The molecule has 0 fully saturated rings. The Hall–Kier alpha value is -3.94. The van der Waals surface area contributed by atoms with Crippen LogP contribution in [0.4, 0.5) is 14.9 Å². The fraction of sp³-hybridized carbons (Fsp3) is 0.208. The van der Waals surface area contributed by atoms with Crippen LogP contribution in [0.3, 0.4) is 0 Å². The summed E-state index contributed by atoms with van der Waals surface area (Å²) in [5.41, 5.74) is 2.37. The monoisotopic (exact) mass is 436 g/mol. The van der Waals surface area contributed by atoms with Gasteiger partial charge in [-0.3, -0.25) is 0 Å². The molecule has 0 radical (unpaired) electrons. The Balaban J connectivity index is 1.33. The minimum absolute atomic E-state index is 0.202. The number of benzene rings is 3. The van der Waals surface area contributed by atoms with E-state index in [1.807, 2.05) is 36.4 Å². The minimum atomic E-state index is -0.417. The molecule has 164 valence electrons. The van der Waals surface area contributed by atoms with Crippen LogP contribution in [0.1, 0.15) is 11.1 Å². The van der Waals surface area contributed by atoms with Crippen LogP contribution in [0.2, 0.25) is 0 Å². The van der Waals surface area contributed by atoms with E-state index < -0.39 is 11.8 Å². The SMILES string of the molecule is O=C(Nc1cccc(F)c1)NC(Cc1ccc2c(c1)OCO2)Cc1ccc2c(c1)OCO2. The Labute approximate surface area is 184 Å². The Bertz CT molecular complexity index is 1090. The zero-order valence-electron chi connectivity index (χ0n) is 17.1. The third-order valence-electron chi connectivity index (χ3n) is 5.26. The molecule has 2 amide bonds. The molecule has 0 atom stereocenters. The molecule has 7 nitrogen and oxygen atoms in total. The second kappa shape index (κ2) is 8.66. The fourth-order valence-electron chi connectivity index (χ4n) is 3.80. The predicted octanol–water partition coefficient (Wildman–Crippen LogP) is 4.26. The quantitative estimate of drug-likeness (QED) is 0.604. The van der Waals surface area contributed by atoms with Crippen LogP contribution in [0.5, 0.6) is 23.0 Å². The van der Waals surface area contributed by atoms with E-state index in [-0.39, 0.29) is 19.6 Å². The number of nitrogens with one attached hydrogen (secondary N) is 2. The fourth-order valence-corrected chi connectivity index (χ4v) is 3.80. The molecule has 3 aromatic carbocycles. The standard InChI is InChI=1S/C24H21FN2O5/c25-17-2-1-3-18(12-17)26-24(28)27-19(8-15-4-6-20-22(10-15)31-13-29-20)9-16-5-7-21-23(11-16)32-14-30-21/h1-7,10-12,19H,8-9,13-14H2,(H2,26,27,28). The molecule has 5 rings (SSSR count). The zero-order valence-corrected chi connectivity index (χ0v) is 17.1. The molecule has 0 bridgehead atoms. The Morgan fingerprint density at radius 3 is 2.00 bits per heavy atom. The smallest absolute Gasteiger partial charge is 0.319 e. The number of carbonyl (C=O) groups is 1. The van der Waals surface area contributed by atoms with Gasteiger partial charge < -0.3 is 29.6 Å². The van der Waals surface area contributed by atoms with Gasteiger partial charge >= 0.3 is 6.03 Å². The van der Waals surface area contributed by atoms with E-state index in [4.69, 9.17) is 18.9 Å². The molecule has 0 spiro atoms. The van der Waals surface area contributed by atoms with Crippen molar-refractivity contribution < 1.29 is 28.1 Å². The summed E-state index contributed by atoms with van der Waals surface area (Å²) in [5, 5.41) is 5.69. The van der Waals surface area contributed by atoms with Gasteiger partial charge in [-0.25, -0.2) is 9.18 Å². The Kier molecular flexibility index (Phi) is 5.41. The summed E-state index contributed by atoms with van der Waals surface area (Å²) in [6, 6.07) is 16.6. The van der Waals surface area contributed by atoms with Crippen LogP contribution in [0.15, 0.2) is 60.7 Å². The van der Waals surface area contributed by atoms with Gasteiger partial charge in [0.15, 0.2) is 23.0 Å². The van der Waals surface area contributed by atoms with Crippen molar-refractivity contribution in [3.63, 3.8) is 0 Å². The van der Waals surface area contributed by atoms with E-state index in [2.05, 4.69) is 10.6 Å². The van der Waals surface area contributed by atoms with Crippen molar-refractivity contribution in [2.24, 2.45) is 0 Å². The second-order valence-corrected chi connectivity index (χ2v) is 7.59. The second-order valence-electron chi connectivity index (χ2n) is 7.59. The summed E-state index contributed by atoms with van der Waals surface area (Å²) in [4.78, 5) is 12.7. The van der Waals surface area contributed by atoms with Crippen LogP contribution in [-0.2, 0) is 12.8 Å². The maximum atomic E-state index is 13.5. The normalized spacial score (nSPS) is 13.3. The van der Waals surface area contributed by atoms with Gasteiger partial charge in [0.25, 0.3) is 0 Å². The lowest BCUT2D eigenvalue weighted by Crippen LogP contribution is -2.40. The minimum Gasteiger partial charge on any atom is -0.454 e. The van der Waals surface area contributed by atoms with Crippen molar-refractivity contribution in [3.05, 3.63) is 77.6 Å². The molecule has 3 aromatic rings. The molecule has 2 aliphatic heterocycles. The van der Waals surface area contributed by atoms with Gasteiger partial charge in [-0.2, -0.15) is 0 Å². The van der Waals surface area contributed by atoms with Crippen molar-refractivity contribution in [3.8, 4) is 23.0 Å². The van der Waals surface area contributed by atoms with E-state index >= 15 is 0 Å². The maximum absolute atomic E-state index is 13.5. The number of anilines is 1. The molecule has 0 aliphatic carbocycles. The van der Waals surface area contributed by atoms with Crippen LogP contribution < -0.4 is 29.6 Å². The van der Waals surface area contributed by atoms with Crippen LogP contribution in [0.25, 0.3) is 0 Å². The average Bonchev–Trinajstić information content (AvgIpc) is 3.42. The Morgan fingerprint density at radius 2 is 1.41 bits per heavy atom. The summed E-state index contributed by atoms with van der Waals surface area (Å²) in [6.45, 7) is 0.404. The lowest BCUT2D eigenvalue weighted by molar-refractivity contribution is 0.173. The first kappa shape index (κ1) is 20.0. The first-order chi connectivity index (χ1) is 15.6. The maximum Gasteiger partial charge on any atom is 0.319 e. The molecule has 0 aromatic heterocycles. The summed E-state index contributed by atoms with van der Waals surface area (Å²) in [7, 11) is 0. The van der Waals surface area contributed by atoms with E-state index in [0.717, 1.165) is 11.1 Å². The zero-order chi connectivity index (χ0) is 21.9. The van der Waals surface area contributed by atoms with Gasteiger partial charge in [-0.05, 0) is 66.4 Å². The predicted molar refractivity (Wildman–Crippen MR) is 115 cm³/mol. The number of halogens is 1. The largest absolute Gasteiger partial charge is 0.454 e. The summed E-state index contributed by atoms with van der Waals surface area (Å²) >= 11 is 0. The lowest BCUT2D eigenvalue weighted by Gasteiger charge is -2.20. The molecular formula is C24H21FN2O5. The number of fused-ring (bicyclic) bond motifs is 2. The molecule has 2 heterocycles. The highest BCUT2D eigenvalue weighted by atomic mass is 19.1. The van der Waals surface area contributed by atoms with Crippen molar-refractivity contribution >= 4 is 11.7 Å². The topological polar surface area (TPSA) is 78.1 Å². The van der Waals surface area contributed by atoms with E-state index in [1.54, 1.807) is 12.1 Å². The molecule has 0 saturated heterocycles. The highest BCUT2D eigenvalue weighted by Crippen LogP contribution is 2.34. The summed E-state index contributed by atoms with van der Waals surface area (Å²) in [5.74, 6) is 2.37. The highest BCUT2D eigenvalue weighted by Gasteiger charge is 2.20. The van der Waals surface area contributed by atoms with E-state index in [9.17, 15) is 9.18 Å². The van der Waals surface area contributed by atoms with E-state index in [1.165, 1.54) is 12.1 Å².